The minimum atomic E-state index is -1.46. The number of pyridine rings is 2. The molecule has 550 valence electrons. The molecule has 24 heteroatoms. The van der Waals surface area contributed by atoms with Gasteiger partial charge in [0.1, 0.15) is 25.0 Å². The molecule has 3 fully saturated rings. The number of nitrogens with zero attached hydrogens (tertiary/aromatic N) is 4. The fraction of sp³-hybridized carbons (Fsp3) is 0.581. The number of nitrogen functional groups attached to an aromatic ring is 1. The summed E-state index contributed by atoms with van der Waals surface area (Å²) in [6.07, 6.45) is 25.6. The number of hydrogen-bond donors (Lipinski definition) is 7. The molecule has 0 radical (unpaired) electrons. The number of ketones is 1. The first kappa shape index (κ1) is 101. The fourth-order valence-corrected chi connectivity index (χ4v) is 9.59. The summed E-state index contributed by atoms with van der Waals surface area (Å²) in [6, 6.07) is 30.0. The number of halogens is 3. The van der Waals surface area contributed by atoms with Crippen LogP contribution in [0, 0.1) is 35.5 Å². The van der Waals surface area contributed by atoms with Crippen LogP contribution >= 0.6 is 10.0 Å². The number of rotatable bonds is 17. The van der Waals surface area contributed by atoms with Gasteiger partial charge in [-0.25, -0.2) is 17.2 Å². The Morgan fingerprint density at radius 2 is 1.11 bits per heavy atom. The standard InChI is InChI=1S/C22H29FN2OS.C15H22N2OS.C11H13NO.C10H15FNSi.C4H11NOS.4C3H8O.BrH.Mg.Ti/c1-27(2,3)21(26)25-22(14-13-16-9-10-16,17-7-5-4-6-8-17)18-11-12-19(23)20(24)15-18;1-15(2,3)19(18)17-14(9-8-12-6-7-12)13-5-4-10-16-11-13;13-11(6-5-9-3-4-9)10-2-1-7-12-8-10;1-12(13(2,3)4)10-8-6-5-7-9(10)11;1-4(2,3)7(5)6;4*1-3(2)4;;;/h4-8,11-12,15-16H,9-10,13-14,24H2,1-3H3,(H,25,26);4-5,10-12H,6-9H2,1-3H3;1-2,7-9H,3-6H2;5,7-8H,1-4H3;5H2,1-3H3;4*3-4H,1-2H3;1H;;/q;;;-1;;;;;;;+2;/p-1/t;;;;7-;;;;;;;/m....0......./s1. The summed E-state index contributed by atoms with van der Waals surface area (Å²) in [7, 11) is -3.35. The van der Waals surface area contributed by atoms with Gasteiger partial charge in [0.25, 0.3) is 5.24 Å². The van der Waals surface area contributed by atoms with Crippen molar-refractivity contribution in [3.63, 3.8) is 0 Å². The molecule has 2 heterocycles. The average molecular weight is 1550 g/mol. The second kappa shape index (κ2) is 51.1. The van der Waals surface area contributed by atoms with Gasteiger partial charge in [0.05, 0.1) is 37.4 Å². The first-order valence-electron chi connectivity index (χ1n) is 33.1. The topological polar surface area (TPSA) is 255 Å². The van der Waals surface area contributed by atoms with Gasteiger partial charge >= 0.3 is 23.1 Å². The summed E-state index contributed by atoms with van der Waals surface area (Å²) < 4.78 is 55.7. The molecule has 3 saturated carbocycles. The molecule has 2 aromatic heterocycles. The molecule has 0 aliphatic heterocycles. The van der Waals surface area contributed by atoms with E-state index >= 15 is 0 Å². The Morgan fingerprint density at radius 3 is 1.48 bits per heavy atom. The number of hydrogen-bond acceptors (Lipinski definition) is 12. The Labute approximate surface area is 639 Å². The summed E-state index contributed by atoms with van der Waals surface area (Å²) in [4.78, 5) is 32.7. The second-order valence-corrected chi connectivity index (χ2v) is 41.7. The van der Waals surface area contributed by atoms with Crippen molar-refractivity contribution in [2.24, 2.45) is 27.3 Å². The predicted molar refractivity (Wildman–Crippen MR) is 409 cm³/mol. The van der Waals surface area contributed by atoms with Gasteiger partial charge in [0.15, 0.2) is 5.78 Å². The minimum absolute atomic E-state index is 0. The number of carbonyl (C=O) groups excluding carboxylic acids is 2. The van der Waals surface area contributed by atoms with E-state index in [4.69, 9.17) is 31.3 Å². The molecule has 8 rings (SSSR count). The number of aliphatic hydroxyl groups excluding tert-OH is 4. The zero-order valence-corrected chi connectivity index (χ0v) is 70.9. The number of Topliss-reactive ketones (excluding diaryl/α,β-unsaturated/α-hetero) is 1. The monoisotopic (exact) mass is 1550 g/mol. The third-order valence-electron chi connectivity index (χ3n) is 13.7. The Bertz CT molecular complexity index is 2990. The van der Waals surface area contributed by atoms with Gasteiger partial charge < -0.3 is 53.0 Å². The molecular formula is C74H122BrF2MgN7O8S3SiTi. The summed E-state index contributed by atoms with van der Waals surface area (Å²) in [5, 5.41) is 40.7. The van der Waals surface area contributed by atoms with Crippen LogP contribution in [0.2, 0.25) is 19.6 Å². The van der Waals surface area contributed by atoms with Gasteiger partial charge in [-0.05, 0) is 220 Å². The van der Waals surface area contributed by atoms with Crippen molar-refractivity contribution in [3.05, 3.63) is 156 Å². The number of benzene rings is 3. The van der Waals surface area contributed by atoms with E-state index < -0.39 is 51.6 Å². The molecule has 0 saturated heterocycles. The van der Waals surface area contributed by atoms with Crippen molar-refractivity contribution < 1.29 is 85.9 Å². The van der Waals surface area contributed by atoms with Crippen molar-refractivity contribution in [1.29, 1.82) is 0 Å². The molecule has 3 atom stereocenters. The van der Waals surface area contributed by atoms with Crippen LogP contribution in [-0.4, -0.2) is 147 Å². The zero-order chi connectivity index (χ0) is 73.1. The summed E-state index contributed by atoms with van der Waals surface area (Å²) >= 11 is 0. The number of nitrogens with two attached hydrogens (primary N) is 2. The van der Waals surface area contributed by atoms with E-state index in [1.54, 1.807) is 98.2 Å². The number of aromatic nitrogens is 2. The normalized spacial score (nSPS) is 14.6. The molecule has 2 unspecified atom stereocenters. The first-order valence-corrected chi connectivity index (χ1v) is 41.7. The molecule has 1 amide bonds. The van der Waals surface area contributed by atoms with Crippen LogP contribution in [0.4, 0.5) is 25.0 Å². The van der Waals surface area contributed by atoms with Crippen LogP contribution < -0.4 is 37.7 Å². The van der Waals surface area contributed by atoms with Crippen molar-refractivity contribution in [2.75, 3.05) is 36.1 Å². The van der Waals surface area contributed by atoms with Gasteiger partial charge in [0.2, 0.25) is 0 Å². The van der Waals surface area contributed by atoms with Crippen LogP contribution in [0.3, 0.4) is 0 Å². The smallest absolute Gasteiger partial charge is 1.00 e. The maximum absolute atomic E-state index is 13.9. The Balaban J connectivity index is -0.000000551. The van der Waals surface area contributed by atoms with Gasteiger partial charge in [-0.3, -0.25) is 24.7 Å². The third kappa shape index (κ3) is 48.7. The summed E-state index contributed by atoms with van der Waals surface area (Å²) in [6.45, 7) is 31.7. The van der Waals surface area contributed by atoms with E-state index in [0.717, 1.165) is 71.9 Å². The molecule has 3 aliphatic carbocycles. The van der Waals surface area contributed by atoms with Crippen molar-refractivity contribution >= 4 is 91.4 Å². The van der Waals surface area contributed by atoms with E-state index in [9.17, 15) is 26.8 Å². The van der Waals surface area contributed by atoms with Crippen molar-refractivity contribution in [1.82, 2.24) is 15.3 Å². The van der Waals surface area contributed by atoms with E-state index in [1.807, 2.05) is 133 Å². The van der Waals surface area contributed by atoms with Crippen molar-refractivity contribution in [3.8, 4) is 0 Å². The van der Waals surface area contributed by atoms with Crippen LogP contribution in [-0.2, 0) is 49.2 Å². The SMILES string of the molecule is CC(C)(C)S(=O)N=C(CCC1CC1)c1cccnc1.CC(C)(C)[S@@](N)=O.CC(C)O.CC(C)O.CC(C)O.CC(C)O.CN(c1c[c-]ccc1F)[Si](C)(C)C.CS(C)(C)C(=O)NC(CCC1CC1)(c1ccccc1)c1ccc(F)c(N)c1.O=C(CCC1CC1)c1cccnc1.[Br-].[Mg+2].[Ti]. The predicted octanol–water partition coefficient (Wildman–Crippen LogP) is 12.7. The molecule has 0 spiro atoms. The summed E-state index contributed by atoms with van der Waals surface area (Å²) in [5.41, 5.74) is 10.5. The average Bonchev–Trinajstić information content (AvgIpc) is 1.36. The molecule has 5 aromatic rings. The van der Waals surface area contributed by atoms with Crippen LogP contribution in [0.1, 0.15) is 201 Å². The van der Waals surface area contributed by atoms with E-state index in [2.05, 4.69) is 45.4 Å². The number of carbonyl (C=O) groups is 2. The minimum Gasteiger partial charge on any atom is -1.00 e. The van der Waals surface area contributed by atoms with Crippen LogP contribution in [0.5, 0.6) is 0 Å². The quantitative estimate of drug-likeness (QED) is 0.0151. The maximum Gasteiger partial charge on any atom is 2.00 e. The van der Waals surface area contributed by atoms with E-state index in [-0.39, 0.29) is 118 Å². The largest absolute Gasteiger partial charge is 2.00 e. The van der Waals surface area contributed by atoms with Gasteiger partial charge in [-0.2, -0.15) is 32.6 Å². The van der Waals surface area contributed by atoms with Gasteiger partial charge in [0, 0.05) is 94.3 Å². The molecule has 3 aliphatic rings. The second-order valence-electron chi connectivity index (χ2n) is 28.9. The Hall–Kier alpha value is -3.14. The first-order chi connectivity index (χ1) is 43.8. The molecular weight excluding hydrogens is 1430 g/mol. The van der Waals surface area contributed by atoms with Gasteiger partial charge in [-0.1, -0.05) is 101 Å². The molecule has 9 N–H and O–H groups in total. The van der Waals surface area contributed by atoms with Crippen molar-refractivity contribution in [2.45, 2.75) is 233 Å². The molecule has 15 nitrogen and oxygen atoms in total. The third-order valence-corrected chi connectivity index (χ3v) is 19.8. The Morgan fingerprint density at radius 1 is 0.684 bits per heavy atom. The Kier molecular flexibility index (Phi) is 52.8. The van der Waals surface area contributed by atoms with Crippen LogP contribution in [0.25, 0.3) is 0 Å². The molecule has 3 aromatic carbocycles. The summed E-state index contributed by atoms with van der Waals surface area (Å²) in [5.74, 6) is 2.04. The number of amides is 1. The number of nitrogens with one attached hydrogen (secondary N) is 1. The zero-order valence-electron chi connectivity index (χ0n) is 62.9. The molecule has 98 heavy (non-hydrogen) atoms. The van der Waals surface area contributed by atoms with E-state index in [0.29, 0.717) is 18.0 Å². The van der Waals surface area contributed by atoms with Gasteiger partial charge in [-0.15, -0.1) is 6.07 Å². The maximum atomic E-state index is 13.9. The molecule has 0 bridgehead atoms. The van der Waals surface area contributed by atoms with E-state index in [1.165, 1.54) is 50.7 Å². The fourth-order valence-electron chi connectivity index (χ4n) is 7.54. The van der Waals surface area contributed by atoms with Crippen LogP contribution in [0.15, 0.2) is 120 Å². The number of aliphatic hydroxyl groups is 4. The number of anilines is 2.